The van der Waals surface area contributed by atoms with Gasteiger partial charge in [0.25, 0.3) is 0 Å². The van der Waals surface area contributed by atoms with Crippen molar-refractivity contribution in [1.82, 2.24) is 0 Å². The van der Waals surface area contributed by atoms with Crippen molar-refractivity contribution in [2.45, 2.75) is 38.2 Å². The maximum Gasteiger partial charge on any atom is 0.250 e. The van der Waals surface area contributed by atoms with E-state index in [2.05, 4.69) is 38.2 Å². The zero-order valence-corrected chi connectivity index (χ0v) is 20.6. The maximum atomic E-state index is 12.8. The monoisotopic (exact) mass is 474 g/mol. The minimum atomic E-state index is -0.210. The number of amides is 2. The molecule has 3 aromatic carbocycles. The van der Waals surface area contributed by atoms with Crippen molar-refractivity contribution >= 4 is 35.0 Å². The van der Waals surface area contributed by atoms with Gasteiger partial charge in [0.05, 0.1) is 12.4 Å². The predicted octanol–water partition coefficient (Wildman–Crippen LogP) is 5.92. The van der Waals surface area contributed by atoms with Crippen LogP contribution in [0.5, 0.6) is 0 Å². The molecule has 0 unspecified atom stereocenters. The third-order valence-electron chi connectivity index (χ3n) is 5.68. The Hall–Kier alpha value is -3.09. The molecule has 2 amide bonds. The highest BCUT2D eigenvalue weighted by Crippen LogP contribution is 2.42. The molecule has 4 rings (SSSR count). The Bertz CT molecular complexity index is 1140. The number of anilines is 2. The number of carbonyl (C=O) groups is 2. The number of thioether (sulfide) groups is 1. The van der Waals surface area contributed by atoms with Crippen LogP contribution in [0.25, 0.3) is 0 Å². The van der Waals surface area contributed by atoms with Crippen LogP contribution in [0, 0.1) is 0 Å². The lowest BCUT2D eigenvalue weighted by Gasteiger charge is -2.26. The van der Waals surface area contributed by atoms with E-state index in [1.807, 2.05) is 71.6 Å². The minimum absolute atomic E-state index is 0.0258. The summed E-state index contributed by atoms with van der Waals surface area (Å²) in [6, 6.07) is 25.7. The molecule has 0 spiro atoms. The fourth-order valence-corrected chi connectivity index (χ4v) is 5.04. The van der Waals surface area contributed by atoms with Crippen LogP contribution in [0.15, 0.2) is 78.9 Å². The van der Waals surface area contributed by atoms with Crippen molar-refractivity contribution < 1.29 is 14.3 Å². The molecule has 0 radical (unpaired) electrons. The van der Waals surface area contributed by atoms with Crippen molar-refractivity contribution in [2.75, 3.05) is 22.6 Å². The molecular weight excluding hydrogens is 444 g/mol. The van der Waals surface area contributed by atoms with Gasteiger partial charge in [-0.25, -0.2) is 0 Å². The Kier molecular flexibility index (Phi) is 7.39. The summed E-state index contributed by atoms with van der Waals surface area (Å²) in [5.41, 5.74) is 4.85. The molecule has 5 nitrogen and oxygen atoms in total. The Morgan fingerprint density at radius 2 is 1.76 bits per heavy atom. The van der Waals surface area contributed by atoms with Gasteiger partial charge in [-0.3, -0.25) is 14.5 Å². The Balaban J connectivity index is 1.42. The standard InChI is InChI=1S/C28H30N2O3S/c1-28(2,3)22-12-14-24(15-13-22)30-26(32)19-34-27(30)21-10-7-11-23(16-21)29-25(31)18-33-17-20-8-5-4-6-9-20/h4-16,27H,17-19H2,1-3H3,(H,29,31)/t27-/m1/s1. The minimum Gasteiger partial charge on any atom is -0.367 e. The van der Waals surface area contributed by atoms with Crippen LogP contribution < -0.4 is 10.2 Å². The summed E-state index contributed by atoms with van der Waals surface area (Å²) < 4.78 is 5.54. The first-order valence-corrected chi connectivity index (χ1v) is 12.4. The molecule has 1 aliphatic heterocycles. The van der Waals surface area contributed by atoms with Crippen LogP contribution in [0.2, 0.25) is 0 Å². The van der Waals surface area contributed by atoms with Crippen molar-refractivity contribution in [3.63, 3.8) is 0 Å². The molecule has 1 atom stereocenters. The van der Waals surface area contributed by atoms with E-state index in [-0.39, 0.29) is 29.2 Å². The smallest absolute Gasteiger partial charge is 0.250 e. The third-order valence-corrected chi connectivity index (χ3v) is 6.89. The molecule has 3 aromatic rings. The van der Waals surface area contributed by atoms with Gasteiger partial charge >= 0.3 is 0 Å². The van der Waals surface area contributed by atoms with Crippen molar-refractivity contribution in [3.05, 3.63) is 95.6 Å². The van der Waals surface area contributed by atoms with E-state index in [1.54, 1.807) is 11.8 Å². The summed E-state index contributed by atoms with van der Waals surface area (Å²) in [5.74, 6) is 0.301. The van der Waals surface area contributed by atoms with Gasteiger partial charge in [-0.05, 0) is 46.4 Å². The number of nitrogens with one attached hydrogen (secondary N) is 1. The van der Waals surface area contributed by atoms with E-state index in [1.165, 1.54) is 5.56 Å². The first kappa shape index (κ1) is 24.0. The molecule has 34 heavy (non-hydrogen) atoms. The number of benzene rings is 3. The summed E-state index contributed by atoms with van der Waals surface area (Å²) in [5, 5.41) is 2.77. The Morgan fingerprint density at radius 1 is 1.03 bits per heavy atom. The van der Waals surface area contributed by atoms with Gasteiger partial charge < -0.3 is 10.1 Å². The average molecular weight is 475 g/mol. The second-order valence-corrected chi connectivity index (χ2v) is 10.4. The van der Waals surface area contributed by atoms with E-state index in [9.17, 15) is 9.59 Å². The number of carbonyl (C=O) groups excluding carboxylic acids is 2. The SMILES string of the molecule is CC(C)(C)c1ccc(N2C(=O)CS[C@@H]2c2cccc(NC(=O)COCc3ccccc3)c2)cc1. The molecule has 1 aliphatic rings. The van der Waals surface area contributed by atoms with Crippen molar-refractivity contribution in [1.29, 1.82) is 0 Å². The largest absolute Gasteiger partial charge is 0.367 e. The summed E-state index contributed by atoms with van der Waals surface area (Å²) in [4.78, 5) is 27.0. The van der Waals surface area contributed by atoms with Crippen molar-refractivity contribution in [3.8, 4) is 0 Å². The zero-order valence-electron chi connectivity index (χ0n) is 19.8. The van der Waals surface area contributed by atoms with Crippen LogP contribution in [0.3, 0.4) is 0 Å². The van der Waals surface area contributed by atoms with Gasteiger partial charge in [-0.1, -0.05) is 75.4 Å². The normalized spacial score (nSPS) is 16.0. The second kappa shape index (κ2) is 10.5. The lowest BCUT2D eigenvalue weighted by Crippen LogP contribution is -2.28. The number of ether oxygens (including phenoxy) is 1. The van der Waals surface area contributed by atoms with Gasteiger partial charge in [0.15, 0.2) is 0 Å². The van der Waals surface area contributed by atoms with E-state index >= 15 is 0 Å². The highest BCUT2D eigenvalue weighted by Gasteiger charge is 2.34. The highest BCUT2D eigenvalue weighted by atomic mass is 32.2. The lowest BCUT2D eigenvalue weighted by atomic mass is 9.87. The van der Waals surface area contributed by atoms with Crippen LogP contribution in [0.1, 0.15) is 42.8 Å². The summed E-state index contributed by atoms with van der Waals surface area (Å²) in [7, 11) is 0. The van der Waals surface area contributed by atoms with E-state index in [0.29, 0.717) is 18.0 Å². The first-order chi connectivity index (χ1) is 16.3. The molecule has 1 saturated heterocycles. The molecule has 1 fully saturated rings. The van der Waals surface area contributed by atoms with Crippen LogP contribution in [0.4, 0.5) is 11.4 Å². The van der Waals surface area contributed by atoms with E-state index in [4.69, 9.17) is 4.74 Å². The summed E-state index contributed by atoms with van der Waals surface area (Å²) in [6.07, 6.45) is 0. The van der Waals surface area contributed by atoms with Crippen LogP contribution >= 0.6 is 11.8 Å². The molecule has 0 bridgehead atoms. The van der Waals surface area contributed by atoms with E-state index < -0.39 is 0 Å². The molecule has 0 aromatic heterocycles. The van der Waals surface area contributed by atoms with Crippen LogP contribution in [-0.4, -0.2) is 24.2 Å². The van der Waals surface area contributed by atoms with Gasteiger partial charge in [-0.15, -0.1) is 11.8 Å². The average Bonchev–Trinajstić information content (AvgIpc) is 3.21. The van der Waals surface area contributed by atoms with Crippen molar-refractivity contribution in [2.24, 2.45) is 0 Å². The molecule has 1 N–H and O–H groups in total. The molecule has 6 heteroatoms. The quantitative estimate of drug-likeness (QED) is 0.462. The summed E-state index contributed by atoms with van der Waals surface area (Å²) in [6.45, 7) is 6.89. The number of hydrogen-bond acceptors (Lipinski definition) is 4. The van der Waals surface area contributed by atoms with Gasteiger partial charge in [0, 0.05) is 11.4 Å². The zero-order chi connectivity index (χ0) is 24.1. The third kappa shape index (κ3) is 5.88. The van der Waals surface area contributed by atoms with E-state index in [0.717, 1.165) is 16.8 Å². The topological polar surface area (TPSA) is 58.6 Å². The molecule has 0 aliphatic carbocycles. The molecule has 176 valence electrons. The van der Waals surface area contributed by atoms with Crippen LogP contribution in [-0.2, 0) is 26.3 Å². The number of hydrogen-bond donors (Lipinski definition) is 1. The second-order valence-electron chi connectivity index (χ2n) is 9.38. The fraction of sp³-hybridized carbons (Fsp3) is 0.286. The molecular formula is C28H30N2O3S. The number of rotatable bonds is 7. The highest BCUT2D eigenvalue weighted by molar-refractivity contribution is 8.00. The number of nitrogens with zero attached hydrogens (tertiary/aromatic N) is 1. The first-order valence-electron chi connectivity index (χ1n) is 11.4. The molecule has 1 heterocycles. The van der Waals surface area contributed by atoms with Gasteiger partial charge in [0.1, 0.15) is 12.0 Å². The van der Waals surface area contributed by atoms with Gasteiger partial charge in [0.2, 0.25) is 11.8 Å². The fourth-order valence-electron chi connectivity index (χ4n) is 3.87. The van der Waals surface area contributed by atoms with Gasteiger partial charge in [-0.2, -0.15) is 0 Å². The predicted molar refractivity (Wildman–Crippen MR) is 139 cm³/mol. The lowest BCUT2D eigenvalue weighted by molar-refractivity contribution is -0.121. The summed E-state index contributed by atoms with van der Waals surface area (Å²) >= 11 is 1.59. The molecule has 0 saturated carbocycles. The Morgan fingerprint density at radius 3 is 2.47 bits per heavy atom. The Labute approximate surface area is 205 Å². The maximum absolute atomic E-state index is 12.8.